The average molecular weight is 703 g/mol. The van der Waals surface area contributed by atoms with Crippen molar-refractivity contribution in [2.45, 2.75) is 56.1 Å². The number of hydrogen-bond donors (Lipinski definition) is 9. The standard InChI is InChI=1S/C31H50N4O14/c1-4-18-19(8-7-17-13-35(10-12-37)14-20(26(40)41)23(17)34-30(32)33-9-6-11-36)21(27(42)45-3)16-47-28(18)49-29-25(46-5-2)31(43,44)24(39)22(15-38)48-29/h4,7-8,16-20,22-25,28-29,36-39,43-44H,1,5-6,9-15H2,2-3H3,(H,40,41)(H3,32,33,34). The van der Waals surface area contributed by atoms with Gasteiger partial charge < -0.3 is 80.2 Å². The summed E-state index contributed by atoms with van der Waals surface area (Å²) in [5.41, 5.74) is 6.13. The van der Waals surface area contributed by atoms with E-state index >= 15 is 0 Å². The van der Waals surface area contributed by atoms with E-state index < -0.39 is 84.9 Å². The number of esters is 1. The van der Waals surface area contributed by atoms with Crippen LogP contribution in [-0.2, 0) is 33.3 Å². The highest BCUT2D eigenvalue weighted by molar-refractivity contribution is 5.89. The Morgan fingerprint density at radius 2 is 1.96 bits per heavy atom. The number of likely N-dealkylation sites (tertiary alicyclic amines) is 1. The van der Waals surface area contributed by atoms with E-state index in [-0.39, 0.29) is 51.0 Å². The van der Waals surface area contributed by atoms with Gasteiger partial charge in [0.15, 0.2) is 18.4 Å². The lowest BCUT2D eigenvalue weighted by molar-refractivity contribution is -0.911. The Morgan fingerprint density at radius 3 is 2.55 bits per heavy atom. The molecule has 18 nitrogen and oxygen atoms in total. The van der Waals surface area contributed by atoms with Crippen molar-refractivity contribution in [3.8, 4) is 0 Å². The summed E-state index contributed by atoms with van der Waals surface area (Å²) < 4.78 is 27.9. The van der Waals surface area contributed by atoms with Crippen LogP contribution in [0.15, 0.2) is 41.6 Å². The normalized spacial score (nSPS) is 34.9. The molecule has 0 aromatic rings. The van der Waals surface area contributed by atoms with Crippen molar-refractivity contribution in [2.75, 3.05) is 59.7 Å². The summed E-state index contributed by atoms with van der Waals surface area (Å²) >= 11 is 0. The highest BCUT2D eigenvalue weighted by atomic mass is 16.8. The summed E-state index contributed by atoms with van der Waals surface area (Å²) in [7, 11) is 1.18. The van der Waals surface area contributed by atoms with Crippen LogP contribution in [0.25, 0.3) is 0 Å². The van der Waals surface area contributed by atoms with Crippen molar-refractivity contribution in [3.05, 3.63) is 36.6 Å². The second-order valence-corrected chi connectivity index (χ2v) is 12.0. The van der Waals surface area contributed by atoms with Gasteiger partial charge in [-0.3, -0.25) is 4.99 Å². The Balaban J connectivity index is 2.00. The van der Waals surface area contributed by atoms with E-state index in [0.717, 1.165) is 11.2 Å². The van der Waals surface area contributed by atoms with E-state index in [2.05, 4.69) is 16.9 Å². The van der Waals surface area contributed by atoms with Gasteiger partial charge in [0.2, 0.25) is 12.1 Å². The van der Waals surface area contributed by atoms with Crippen LogP contribution in [0.3, 0.4) is 0 Å². The first kappa shape index (κ1) is 40.3. The molecule has 18 heteroatoms. The molecule has 3 heterocycles. The third-order valence-corrected chi connectivity index (χ3v) is 8.84. The summed E-state index contributed by atoms with van der Waals surface area (Å²) in [4.78, 5) is 30.2. The van der Waals surface area contributed by atoms with Gasteiger partial charge in [0.05, 0.1) is 69.1 Å². The molecule has 278 valence electrons. The van der Waals surface area contributed by atoms with Gasteiger partial charge in [-0.05, 0) is 13.3 Å². The molecule has 0 aromatic heterocycles. The number of hydrogen-bond acceptors (Lipinski definition) is 15. The van der Waals surface area contributed by atoms with Gasteiger partial charge in [0.1, 0.15) is 18.8 Å². The largest absolute Gasteiger partial charge is 0.550 e. The molecule has 0 bridgehead atoms. The second-order valence-electron chi connectivity index (χ2n) is 12.0. The number of allylic oxidation sites excluding steroid dienone is 1. The van der Waals surface area contributed by atoms with Crippen LogP contribution < -0.4 is 21.1 Å². The van der Waals surface area contributed by atoms with E-state index in [1.54, 1.807) is 19.1 Å². The predicted molar refractivity (Wildman–Crippen MR) is 166 cm³/mol. The molecule has 11 unspecified atom stereocenters. The lowest BCUT2D eigenvalue weighted by Gasteiger charge is -2.47. The third-order valence-electron chi connectivity index (χ3n) is 8.84. The molecular formula is C31H50N4O14. The summed E-state index contributed by atoms with van der Waals surface area (Å²) in [6.07, 6.45) is -1.68. The summed E-state index contributed by atoms with van der Waals surface area (Å²) in [6.45, 7) is 5.30. The number of piperidine rings is 1. The lowest BCUT2D eigenvalue weighted by atomic mass is 9.79. The van der Waals surface area contributed by atoms with Crippen LogP contribution in [0.5, 0.6) is 0 Å². The van der Waals surface area contributed by atoms with Crippen LogP contribution in [-0.4, -0.2) is 151 Å². The Kier molecular flexibility index (Phi) is 15.4. The minimum absolute atomic E-state index is 0.0289. The first-order chi connectivity index (χ1) is 23.4. The summed E-state index contributed by atoms with van der Waals surface area (Å²) in [5, 5.41) is 75.6. The molecule has 49 heavy (non-hydrogen) atoms. The molecule has 0 aliphatic carbocycles. The van der Waals surface area contributed by atoms with Crippen molar-refractivity contribution in [1.29, 1.82) is 0 Å². The maximum absolute atomic E-state index is 12.9. The number of carbonyl (C=O) groups excluding carboxylic acids is 2. The van der Waals surface area contributed by atoms with E-state index in [9.17, 15) is 40.2 Å². The number of nitrogens with zero attached hydrogens (tertiary/aromatic N) is 1. The SMILES string of the molecule is C=CC1C(OC2OC(CO)C(O)C(O)(O)C2OCC)OC=C(C(=O)OC)C1C=CC1C[NH+](CCO)CC(C(=O)[O-])C1NC(N)=NCCCO. The van der Waals surface area contributed by atoms with Crippen molar-refractivity contribution in [2.24, 2.45) is 34.4 Å². The molecule has 0 amide bonds. The lowest BCUT2D eigenvalue weighted by Crippen LogP contribution is -3.16. The Morgan fingerprint density at radius 1 is 1.22 bits per heavy atom. The Hall–Kier alpha value is -3.17. The number of quaternary nitrogens is 1. The van der Waals surface area contributed by atoms with E-state index in [1.165, 1.54) is 13.2 Å². The number of aliphatic hydroxyl groups excluding tert-OH is 4. The Labute approximate surface area is 284 Å². The average Bonchev–Trinajstić information content (AvgIpc) is 3.07. The van der Waals surface area contributed by atoms with Crippen LogP contribution in [0.1, 0.15) is 13.3 Å². The minimum Gasteiger partial charge on any atom is -0.550 e. The highest BCUT2D eigenvalue weighted by Gasteiger charge is 2.57. The van der Waals surface area contributed by atoms with Crippen LogP contribution >= 0.6 is 0 Å². The summed E-state index contributed by atoms with van der Waals surface area (Å²) in [5.74, 6) is -8.33. The number of nitrogens with one attached hydrogen (secondary N) is 2. The molecule has 0 spiro atoms. The van der Waals surface area contributed by atoms with E-state index in [4.69, 9.17) is 34.5 Å². The molecular weight excluding hydrogens is 652 g/mol. The molecule has 0 aromatic carbocycles. The number of aliphatic hydroxyl groups is 6. The topological polar surface area (TPSA) is 280 Å². The molecule has 10 N–H and O–H groups in total. The van der Waals surface area contributed by atoms with Gasteiger partial charge in [0.25, 0.3) is 0 Å². The fourth-order valence-corrected chi connectivity index (χ4v) is 6.34. The fourth-order valence-electron chi connectivity index (χ4n) is 6.34. The predicted octanol–water partition coefficient (Wildman–Crippen LogP) is -5.92. The maximum Gasteiger partial charge on any atom is 0.337 e. The smallest absolute Gasteiger partial charge is 0.337 e. The number of aliphatic carboxylic acids is 1. The maximum atomic E-state index is 12.9. The number of carboxylic acids is 1. The van der Waals surface area contributed by atoms with Crippen molar-refractivity contribution < 1.29 is 73.9 Å². The molecule has 0 saturated carbocycles. The molecule has 0 radical (unpaired) electrons. The second kappa shape index (κ2) is 18.7. The van der Waals surface area contributed by atoms with Gasteiger partial charge in [-0.1, -0.05) is 18.2 Å². The zero-order chi connectivity index (χ0) is 36.3. The van der Waals surface area contributed by atoms with Crippen molar-refractivity contribution >= 4 is 17.9 Å². The van der Waals surface area contributed by atoms with Gasteiger partial charge in [-0.15, -0.1) is 6.58 Å². The highest BCUT2D eigenvalue weighted by Crippen LogP contribution is 2.38. The molecule has 2 fully saturated rings. The molecule has 2 saturated heterocycles. The molecule has 3 rings (SSSR count). The van der Waals surface area contributed by atoms with Crippen molar-refractivity contribution in [3.63, 3.8) is 0 Å². The van der Waals surface area contributed by atoms with Gasteiger partial charge in [0, 0.05) is 31.6 Å². The number of carboxylic acid groups (broad SMARTS) is 1. The zero-order valence-electron chi connectivity index (χ0n) is 27.6. The van der Waals surface area contributed by atoms with Crippen LogP contribution in [0.2, 0.25) is 0 Å². The van der Waals surface area contributed by atoms with Gasteiger partial charge in [-0.25, -0.2) is 4.79 Å². The van der Waals surface area contributed by atoms with Crippen LogP contribution in [0, 0.1) is 23.7 Å². The zero-order valence-corrected chi connectivity index (χ0v) is 27.6. The number of methoxy groups -OCH3 is 1. The van der Waals surface area contributed by atoms with Gasteiger partial charge in [-0.2, -0.15) is 0 Å². The third kappa shape index (κ3) is 9.75. The Bertz CT molecular complexity index is 1200. The molecule has 3 aliphatic rings. The first-order valence-electron chi connectivity index (χ1n) is 16.1. The number of rotatable bonds is 16. The molecule has 11 atom stereocenters. The monoisotopic (exact) mass is 702 g/mol. The van der Waals surface area contributed by atoms with E-state index in [1.807, 2.05) is 0 Å². The first-order valence-corrected chi connectivity index (χ1v) is 16.1. The number of aliphatic imine (C=N–C) groups is 1. The summed E-state index contributed by atoms with van der Waals surface area (Å²) in [6, 6.07) is -0.812. The molecule has 3 aliphatic heterocycles. The number of carbonyl (C=O) groups is 2. The van der Waals surface area contributed by atoms with E-state index in [0.29, 0.717) is 13.0 Å². The van der Waals surface area contributed by atoms with Gasteiger partial charge >= 0.3 is 5.97 Å². The minimum atomic E-state index is -2.89. The van der Waals surface area contributed by atoms with Crippen molar-refractivity contribution in [1.82, 2.24) is 5.32 Å². The number of guanidine groups is 1. The fraction of sp³-hybridized carbons (Fsp3) is 0.710. The number of ether oxygens (including phenoxy) is 5. The number of nitrogens with two attached hydrogens (primary N) is 1. The quantitative estimate of drug-likeness (QED) is 0.0181. The van der Waals surface area contributed by atoms with Crippen LogP contribution in [0.4, 0.5) is 0 Å².